The summed E-state index contributed by atoms with van der Waals surface area (Å²) in [4.78, 5) is 49.7. The van der Waals surface area contributed by atoms with Crippen molar-refractivity contribution in [3.05, 3.63) is 63.4 Å². The van der Waals surface area contributed by atoms with Crippen LogP contribution in [0.15, 0.2) is 42.5 Å². The van der Waals surface area contributed by atoms with Crippen molar-refractivity contribution >= 4 is 46.5 Å². The molecule has 1 atom stereocenters. The van der Waals surface area contributed by atoms with Gasteiger partial charge in [0.25, 0.3) is 11.6 Å². The maximum absolute atomic E-state index is 13.1. The van der Waals surface area contributed by atoms with Crippen molar-refractivity contribution in [2.24, 2.45) is 0 Å². The molecular formula is C18H14ClFN4O5. The molecule has 0 aromatic heterocycles. The topological polar surface area (TPSA) is 113 Å². The van der Waals surface area contributed by atoms with E-state index in [2.05, 4.69) is 5.32 Å². The summed E-state index contributed by atoms with van der Waals surface area (Å²) < 4.78 is 13.1. The summed E-state index contributed by atoms with van der Waals surface area (Å²) in [5, 5.41) is 13.5. The number of halogens is 2. The summed E-state index contributed by atoms with van der Waals surface area (Å²) in [6, 6.07) is 7.01. The zero-order valence-corrected chi connectivity index (χ0v) is 15.7. The Hall–Kier alpha value is -3.53. The highest BCUT2D eigenvalue weighted by Gasteiger charge is 2.44. The van der Waals surface area contributed by atoms with Gasteiger partial charge in [-0.25, -0.2) is 9.18 Å². The van der Waals surface area contributed by atoms with Crippen LogP contribution in [0, 0.1) is 15.9 Å². The summed E-state index contributed by atoms with van der Waals surface area (Å²) in [5.41, 5.74) is -0.244. The largest absolute Gasteiger partial charge is 0.332 e. The summed E-state index contributed by atoms with van der Waals surface area (Å²) in [5.74, 6) is -1.93. The van der Waals surface area contributed by atoms with Gasteiger partial charge in [-0.05, 0) is 43.3 Å². The number of nitro benzene ring substituents is 1. The Morgan fingerprint density at radius 2 is 1.90 bits per heavy atom. The van der Waals surface area contributed by atoms with Crippen LogP contribution in [-0.4, -0.2) is 40.3 Å². The number of urea groups is 1. The first-order chi connectivity index (χ1) is 13.7. The van der Waals surface area contributed by atoms with Crippen molar-refractivity contribution in [1.82, 2.24) is 4.90 Å². The molecule has 1 unspecified atom stereocenters. The van der Waals surface area contributed by atoms with Crippen LogP contribution in [0.2, 0.25) is 5.02 Å². The Morgan fingerprint density at radius 3 is 2.52 bits per heavy atom. The lowest BCUT2D eigenvalue weighted by Crippen LogP contribution is -2.39. The number of carbonyl (C=O) groups is 3. The summed E-state index contributed by atoms with van der Waals surface area (Å²) >= 11 is 5.73. The number of hydrogen-bond acceptors (Lipinski definition) is 5. The molecule has 1 fully saturated rings. The van der Waals surface area contributed by atoms with E-state index in [0.717, 1.165) is 28.0 Å². The van der Waals surface area contributed by atoms with Crippen molar-refractivity contribution in [2.75, 3.05) is 16.8 Å². The lowest BCUT2D eigenvalue weighted by Gasteiger charge is -2.19. The molecule has 0 spiro atoms. The average molecular weight is 421 g/mol. The number of rotatable bonds is 5. The van der Waals surface area contributed by atoms with Crippen LogP contribution in [0.5, 0.6) is 0 Å². The fraction of sp³-hybridized carbons (Fsp3) is 0.167. The zero-order valence-electron chi connectivity index (χ0n) is 15.0. The Labute approximate surface area is 168 Å². The molecule has 4 amide bonds. The van der Waals surface area contributed by atoms with Gasteiger partial charge < -0.3 is 5.32 Å². The highest BCUT2D eigenvalue weighted by Crippen LogP contribution is 2.29. The molecule has 0 saturated carbocycles. The SMILES string of the molecule is CC1C(=O)N(CC(=O)Nc2ccc(Cl)cc2[N+](=O)[O-])C(=O)N1c1ccc(F)cc1. The zero-order chi connectivity index (χ0) is 21.3. The molecule has 1 aliphatic rings. The van der Waals surface area contributed by atoms with Crippen molar-refractivity contribution in [1.29, 1.82) is 0 Å². The van der Waals surface area contributed by atoms with Crippen LogP contribution in [0.4, 0.5) is 26.2 Å². The van der Waals surface area contributed by atoms with E-state index in [-0.39, 0.29) is 10.7 Å². The first kappa shape index (κ1) is 20.2. The van der Waals surface area contributed by atoms with Crippen molar-refractivity contribution in [2.45, 2.75) is 13.0 Å². The molecule has 1 saturated heterocycles. The predicted molar refractivity (Wildman–Crippen MR) is 102 cm³/mol. The minimum atomic E-state index is -0.898. The lowest BCUT2D eigenvalue weighted by atomic mass is 10.2. The molecule has 0 bridgehead atoms. The minimum Gasteiger partial charge on any atom is -0.319 e. The second-order valence-corrected chi connectivity index (χ2v) is 6.63. The fourth-order valence-corrected chi connectivity index (χ4v) is 3.07. The van der Waals surface area contributed by atoms with E-state index in [4.69, 9.17) is 11.6 Å². The van der Waals surface area contributed by atoms with Crippen LogP contribution in [0.1, 0.15) is 6.92 Å². The van der Waals surface area contributed by atoms with Crippen LogP contribution in [-0.2, 0) is 9.59 Å². The summed E-state index contributed by atoms with van der Waals surface area (Å²) in [6.07, 6.45) is 0. The standard InChI is InChI=1S/C18H14ClFN4O5/c1-10-17(26)22(18(27)23(10)13-5-3-12(20)4-6-13)9-16(25)21-14-7-2-11(19)8-15(14)24(28)29/h2-8,10H,9H2,1H3,(H,21,25). The van der Waals surface area contributed by atoms with Gasteiger partial charge in [-0.15, -0.1) is 0 Å². The number of nitro groups is 1. The number of benzene rings is 2. The number of nitrogens with zero attached hydrogens (tertiary/aromatic N) is 3. The second-order valence-electron chi connectivity index (χ2n) is 6.20. The van der Waals surface area contributed by atoms with Crippen LogP contribution < -0.4 is 10.2 Å². The number of amides is 4. The molecule has 2 aromatic carbocycles. The van der Waals surface area contributed by atoms with Crippen LogP contribution in [0.3, 0.4) is 0 Å². The monoisotopic (exact) mass is 420 g/mol. The molecule has 0 aliphatic carbocycles. The third-order valence-corrected chi connectivity index (χ3v) is 4.52. The second kappa shape index (κ2) is 7.84. The van der Waals surface area contributed by atoms with Gasteiger partial charge in [0.15, 0.2) is 0 Å². The van der Waals surface area contributed by atoms with Gasteiger partial charge in [0, 0.05) is 16.8 Å². The Bertz CT molecular complexity index is 1010. The molecule has 150 valence electrons. The maximum Gasteiger partial charge on any atom is 0.332 e. The molecule has 2 aromatic rings. The molecular weight excluding hydrogens is 407 g/mol. The molecule has 0 radical (unpaired) electrons. The summed E-state index contributed by atoms with van der Waals surface area (Å²) in [6.45, 7) is 0.838. The van der Waals surface area contributed by atoms with Gasteiger partial charge in [0.1, 0.15) is 24.1 Å². The molecule has 1 aliphatic heterocycles. The van der Waals surface area contributed by atoms with E-state index in [1.165, 1.54) is 31.2 Å². The van der Waals surface area contributed by atoms with Crippen LogP contribution in [0.25, 0.3) is 0 Å². The molecule has 9 nitrogen and oxygen atoms in total. The lowest BCUT2D eigenvalue weighted by molar-refractivity contribution is -0.383. The molecule has 1 heterocycles. The van der Waals surface area contributed by atoms with Crippen LogP contribution >= 0.6 is 11.6 Å². The van der Waals surface area contributed by atoms with Gasteiger partial charge >= 0.3 is 6.03 Å². The van der Waals surface area contributed by atoms with Crippen molar-refractivity contribution in [3.63, 3.8) is 0 Å². The Morgan fingerprint density at radius 1 is 1.24 bits per heavy atom. The van der Waals surface area contributed by atoms with E-state index in [0.29, 0.717) is 5.69 Å². The first-order valence-electron chi connectivity index (χ1n) is 8.33. The summed E-state index contributed by atoms with van der Waals surface area (Å²) in [7, 11) is 0. The number of imide groups is 1. The third kappa shape index (κ3) is 4.02. The molecule has 1 N–H and O–H groups in total. The highest BCUT2D eigenvalue weighted by molar-refractivity contribution is 6.31. The average Bonchev–Trinajstić information content (AvgIpc) is 2.87. The molecule has 11 heteroatoms. The number of nitrogens with one attached hydrogen (secondary N) is 1. The van der Waals surface area contributed by atoms with E-state index in [1.807, 2.05) is 0 Å². The van der Waals surface area contributed by atoms with E-state index < -0.39 is 46.9 Å². The van der Waals surface area contributed by atoms with E-state index >= 15 is 0 Å². The van der Waals surface area contributed by atoms with Gasteiger partial charge in [-0.2, -0.15) is 0 Å². The first-order valence-corrected chi connectivity index (χ1v) is 8.70. The predicted octanol–water partition coefficient (Wildman–Crippen LogP) is 3.18. The fourth-order valence-electron chi connectivity index (χ4n) is 2.90. The third-order valence-electron chi connectivity index (χ3n) is 4.28. The van der Waals surface area contributed by atoms with Gasteiger partial charge in [-0.3, -0.25) is 29.5 Å². The Balaban J connectivity index is 1.77. The molecule has 29 heavy (non-hydrogen) atoms. The molecule has 3 rings (SSSR count). The van der Waals surface area contributed by atoms with Gasteiger partial charge in [0.2, 0.25) is 5.91 Å². The van der Waals surface area contributed by atoms with Gasteiger partial charge in [-0.1, -0.05) is 11.6 Å². The van der Waals surface area contributed by atoms with Gasteiger partial charge in [0.05, 0.1) is 4.92 Å². The Kier molecular flexibility index (Phi) is 5.46. The van der Waals surface area contributed by atoms with Crippen molar-refractivity contribution in [3.8, 4) is 0 Å². The number of carbonyl (C=O) groups excluding carboxylic acids is 3. The quantitative estimate of drug-likeness (QED) is 0.453. The van der Waals surface area contributed by atoms with E-state index in [1.54, 1.807) is 0 Å². The smallest absolute Gasteiger partial charge is 0.319 e. The number of hydrogen-bond donors (Lipinski definition) is 1. The maximum atomic E-state index is 13.1. The van der Waals surface area contributed by atoms with E-state index in [9.17, 15) is 28.9 Å². The number of anilines is 2. The highest BCUT2D eigenvalue weighted by atomic mass is 35.5. The normalized spacial score (nSPS) is 16.3. The van der Waals surface area contributed by atoms with Crippen molar-refractivity contribution < 1.29 is 23.7 Å². The minimum absolute atomic E-state index is 0.114.